The number of hydrogen-bond acceptors (Lipinski definition) is 4. The van der Waals surface area contributed by atoms with Crippen molar-refractivity contribution in [3.8, 4) is 5.75 Å². The largest absolute Gasteiger partial charge is 0.489 e. The van der Waals surface area contributed by atoms with Crippen LogP contribution in [-0.2, 0) is 19.4 Å². The van der Waals surface area contributed by atoms with Crippen LogP contribution in [0.3, 0.4) is 0 Å². The highest BCUT2D eigenvalue weighted by Crippen LogP contribution is 2.45. The van der Waals surface area contributed by atoms with E-state index < -0.39 is 0 Å². The molecule has 5 rings (SSSR count). The number of nitrogens with zero attached hydrogens (tertiary/aromatic N) is 1. The molecule has 0 radical (unpaired) electrons. The minimum Gasteiger partial charge on any atom is -0.489 e. The Morgan fingerprint density at radius 3 is 2.46 bits per heavy atom. The minimum atomic E-state index is -0.260. The summed E-state index contributed by atoms with van der Waals surface area (Å²) in [5, 5.41) is 3.82. The van der Waals surface area contributed by atoms with Gasteiger partial charge in [0.1, 0.15) is 23.2 Å². The molecule has 4 aromatic rings. The molecule has 1 amide bonds. The predicted octanol–water partition coefficient (Wildman–Crippen LogP) is 8.62. The number of fused-ring (bicyclic) bond motifs is 1. The van der Waals surface area contributed by atoms with Gasteiger partial charge in [0.15, 0.2) is 0 Å². The molecular weight excluding hydrogens is 507 g/mol. The summed E-state index contributed by atoms with van der Waals surface area (Å²) < 4.78 is 18.9. The standard InChI is InChI=1S/C33H33FN2O2S/c1-33(2,3)24-13-18-28-29(19-24)39-32(30(28)31(37)36-26-7-5-4-6-8-26)35-20-22-11-16-27(17-12-22)38-21-23-9-14-25(34)15-10-23/h4-12,14-17,20,24H,13,18-19,21H2,1-3H3,(H,36,37)/t24-/m1/s1. The van der Waals surface area contributed by atoms with E-state index in [2.05, 4.69) is 26.1 Å². The second kappa shape index (κ2) is 11.5. The first-order valence-corrected chi connectivity index (χ1v) is 14.1. The molecule has 0 saturated heterocycles. The number of aliphatic imine (C=N–C) groups is 1. The maximum Gasteiger partial charge on any atom is 0.259 e. The SMILES string of the molecule is CC(C)(C)[C@@H]1CCc2c(sc(N=Cc3ccc(OCc4ccc(F)cc4)cc3)c2C(=O)Nc2ccccc2)C1. The fourth-order valence-electron chi connectivity index (χ4n) is 4.88. The van der Waals surface area contributed by atoms with Crippen LogP contribution in [0.2, 0.25) is 0 Å². The first-order valence-electron chi connectivity index (χ1n) is 13.3. The van der Waals surface area contributed by atoms with E-state index in [0.29, 0.717) is 18.1 Å². The van der Waals surface area contributed by atoms with Gasteiger partial charge < -0.3 is 10.1 Å². The summed E-state index contributed by atoms with van der Waals surface area (Å²) in [4.78, 5) is 19.6. The summed E-state index contributed by atoms with van der Waals surface area (Å²) in [5.74, 6) is 0.931. The molecule has 0 aliphatic heterocycles. The summed E-state index contributed by atoms with van der Waals surface area (Å²) >= 11 is 1.64. The molecule has 1 aliphatic carbocycles. The number of nitrogens with one attached hydrogen (secondary N) is 1. The molecule has 3 aromatic carbocycles. The Hall–Kier alpha value is -3.77. The van der Waals surface area contributed by atoms with Gasteiger partial charge in [0.05, 0.1) is 5.56 Å². The highest BCUT2D eigenvalue weighted by atomic mass is 32.1. The van der Waals surface area contributed by atoms with Crippen molar-refractivity contribution >= 4 is 34.1 Å². The molecule has 0 spiro atoms. The molecule has 1 atom stereocenters. The zero-order valence-corrected chi connectivity index (χ0v) is 23.4. The molecular formula is C33H33FN2O2S. The molecule has 0 unspecified atom stereocenters. The number of halogens is 1. The number of para-hydroxylation sites is 1. The lowest BCUT2D eigenvalue weighted by Crippen LogP contribution is -2.27. The Bertz CT molecular complexity index is 1450. The normalized spacial score (nSPS) is 15.2. The number of thiophene rings is 1. The van der Waals surface area contributed by atoms with E-state index >= 15 is 0 Å². The van der Waals surface area contributed by atoms with Crippen LogP contribution in [0.25, 0.3) is 0 Å². The lowest BCUT2D eigenvalue weighted by Gasteiger charge is -2.33. The van der Waals surface area contributed by atoms with Crippen molar-refractivity contribution < 1.29 is 13.9 Å². The van der Waals surface area contributed by atoms with Crippen molar-refractivity contribution in [2.75, 3.05) is 5.32 Å². The Morgan fingerprint density at radius 2 is 1.77 bits per heavy atom. The Balaban J connectivity index is 1.35. The van der Waals surface area contributed by atoms with E-state index in [1.54, 1.807) is 23.5 Å². The van der Waals surface area contributed by atoms with Crippen molar-refractivity contribution in [3.63, 3.8) is 0 Å². The second-order valence-corrected chi connectivity index (χ2v) is 12.1. The molecule has 1 heterocycles. The molecule has 39 heavy (non-hydrogen) atoms. The molecule has 1 aromatic heterocycles. The van der Waals surface area contributed by atoms with Crippen LogP contribution in [0, 0.1) is 17.2 Å². The monoisotopic (exact) mass is 540 g/mol. The van der Waals surface area contributed by atoms with Gasteiger partial charge in [0, 0.05) is 16.8 Å². The Kier molecular flexibility index (Phi) is 7.94. The van der Waals surface area contributed by atoms with E-state index in [4.69, 9.17) is 9.73 Å². The molecule has 0 fully saturated rings. The summed E-state index contributed by atoms with van der Waals surface area (Å²) in [5.41, 5.74) is 4.65. The van der Waals surface area contributed by atoms with Gasteiger partial charge in [0.2, 0.25) is 0 Å². The lowest BCUT2D eigenvalue weighted by atomic mass is 9.72. The average Bonchev–Trinajstić information content (AvgIpc) is 3.30. The van der Waals surface area contributed by atoms with Crippen LogP contribution in [0.4, 0.5) is 15.1 Å². The van der Waals surface area contributed by atoms with Crippen LogP contribution in [-0.4, -0.2) is 12.1 Å². The zero-order chi connectivity index (χ0) is 27.4. The molecule has 1 aliphatic rings. The summed E-state index contributed by atoms with van der Waals surface area (Å²) in [6.45, 7) is 7.26. The Labute approximate surface area is 233 Å². The molecule has 200 valence electrons. The molecule has 0 saturated carbocycles. The van der Waals surface area contributed by atoms with Crippen LogP contribution < -0.4 is 10.1 Å². The number of hydrogen-bond donors (Lipinski definition) is 1. The number of benzene rings is 3. The predicted molar refractivity (Wildman–Crippen MR) is 158 cm³/mol. The third-order valence-electron chi connectivity index (χ3n) is 7.26. The van der Waals surface area contributed by atoms with Crippen LogP contribution in [0.1, 0.15) is 59.1 Å². The maximum absolute atomic E-state index is 13.5. The van der Waals surface area contributed by atoms with Crippen molar-refractivity contribution in [3.05, 3.63) is 112 Å². The first-order chi connectivity index (χ1) is 18.8. The minimum absolute atomic E-state index is 0.107. The Morgan fingerprint density at radius 1 is 1.05 bits per heavy atom. The van der Waals surface area contributed by atoms with Gasteiger partial charge in [-0.1, -0.05) is 51.1 Å². The second-order valence-electron chi connectivity index (χ2n) is 11.1. The van der Waals surface area contributed by atoms with E-state index in [-0.39, 0.29) is 17.1 Å². The third kappa shape index (κ3) is 6.63. The van der Waals surface area contributed by atoms with Crippen LogP contribution in [0.15, 0.2) is 83.9 Å². The smallest absolute Gasteiger partial charge is 0.259 e. The van der Waals surface area contributed by atoms with Gasteiger partial charge in [0.25, 0.3) is 5.91 Å². The molecule has 6 heteroatoms. The van der Waals surface area contributed by atoms with Gasteiger partial charge in [-0.05, 0) is 95.8 Å². The average molecular weight is 541 g/mol. The summed E-state index contributed by atoms with van der Waals surface area (Å²) in [6.07, 6.45) is 4.74. The van der Waals surface area contributed by atoms with E-state index in [1.807, 2.05) is 60.8 Å². The lowest BCUT2D eigenvalue weighted by molar-refractivity contribution is 0.102. The van der Waals surface area contributed by atoms with Crippen molar-refractivity contribution in [2.24, 2.45) is 16.3 Å². The summed E-state index contributed by atoms with van der Waals surface area (Å²) in [7, 11) is 0. The number of carbonyl (C=O) groups excluding carboxylic acids is 1. The molecule has 1 N–H and O–H groups in total. The third-order valence-corrected chi connectivity index (χ3v) is 8.42. The van der Waals surface area contributed by atoms with Crippen molar-refractivity contribution in [2.45, 2.75) is 46.6 Å². The maximum atomic E-state index is 13.5. The van der Waals surface area contributed by atoms with Crippen LogP contribution >= 0.6 is 11.3 Å². The van der Waals surface area contributed by atoms with Gasteiger partial charge in [-0.25, -0.2) is 9.38 Å². The highest BCUT2D eigenvalue weighted by molar-refractivity contribution is 7.16. The van der Waals surface area contributed by atoms with E-state index in [0.717, 1.165) is 52.4 Å². The van der Waals surface area contributed by atoms with Crippen molar-refractivity contribution in [1.29, 1.82) is 0 Å². The molecule has 0 bridgehead atoms. The fraction of sp³-hybridized carbons (Fsp3) is 0.273. The van der Waals surface area contributed by atoms with E-state index in [9.17, 15) is 9.18 Å². The quantitative estimate of drug-likeness (QED) is 0.239. The van der Waals surface area contributed by atoms with Gasteiger partial charge in [-0.3, -0.25) is 4.79 Å². The zero-order valence-electron chi connectivity index (χ0n) is 22.5. The highest BCUT2D eigenvalue weighted by Gasteiger charge is 2.33. The fourth-order valence-corrected chi connectivity index (χ4v) is 6.15. The van der Waals surface area contributed by atoms with Crippen molar-refractivity contribution in [1.82, 2.24) is 0 Å². The van der Waals surface area contributed by atoms with Gasteiger partial charge in [-0.15, -0.1) is 11.3 Å². The number of carbonyl (C=O) groups is 1. The molecule has 4 nitrogen and oxygen atoms in total. The topological polar surface area (TPSA) is 50.7 Å². The number of rotatable bonds is 7. The van der Waals surface area contributed by atoms with E-state index in [1.165, 1.54) is 17.0 Å². The summed E-state index contributed by atoms with van der Waals surface area (Å²) in [6, 6.07) is 23.5. The van der Waals surface area contributed by atoms with Gasteiger partial charge in [-0.2, -0.15) is 0 Å². The number of amides is 1. The first kappa shape index (κ1) is 26.8. The number of anilines is 1. The number of ether oxygens (including phenoxy) is 1. The van der Waals surface area contributed by atoms with Crippen LogP contribution in [0.5, 0.6) is 5.75 Å². The van der Waals surface area contributed by atoms with Gasteiger partial charge >= 0.3 is 0 Å².